The molecule has 21 heavy (non-hydrogen) atoms. The van der Waals surface area contributed by atoms with Crippen LogP contribution in [0, 0.1) is 0 Å². The lowest BCUT2D eigenvalue weighted by atomic mass is 10.2. The van der Waals surface area contributed by atoms with E-state index in [9.17, 15) is 4.79 Å². The predicted molar refractivity (Wildman–Crippen MR) is 78.3 cm³/mol. The number of thioether (sulfide) groups is 1. The zero-order valence-corrected chi connectivity index (χ0v) is 12.7. The van der Waals surface area contributed by atoms with E-state index in [4.69, 9.17) is 13.9 Å². The molecule has 0 radical (unpaired) electrons. The van der Waals surface area contributed by atoms with Gasteiger partial charge in [-0.3, -0.25) is 4.79 Å². The van der Waals surface area contributed by atoms with Crippen LogP contribution in [0.5, 0.6) is 11.5 Å². The average molecular weight is 308 g/mol. The normalized spacial score (nSPS) is 10.4. The summed E-state index contributed by atoms with van der Waals surface area (Å²) in [5, 5.41) is 8.31. The Morgan fingerprint density at radius 1 is 1.38 bits per heavy atom. The summed E-state index contributed by atoms with van der Waals surface area (Å²) in [7, 11) is 1.54. The Labute approximate surface area is 126 Å². The molecule has 2 aromatic rings. The van der Waals surface area contributed by atoms with Crippen molar-refractivity contribution in [1.29, 1.82) is 0 Å². The van der Waals surface area contributed by atoms with Gasteiger partial charge in [-0.25, -0.2) is 0 Å². The fourth-order valence-electron chi connectivity index (χ4n) is 1.65. The topological polar surface area (TPSA) is 74.5 Å². The highest BCUT2D eigenvalue weighted by Crippen LogP contribution is 2.30. The van der Waals surface area contributed by atoms with Crippen LogP contribution in [0.15, 0.2) is 27.8 Å². The predicted octanol–water partition coefficient (Wildman–Crippen LogP) is 2.62. The summed E-state index contributed by atoms with van der Waals surface area (Å²) in [6, 6.07) is 5.18. The molecule has 0 amide bonds. The summed E-state index contributed by atoms with van der Waals surface area (Å²) >= 11 is 1.41. The number of methoxy groups -OCH3 is 1. The Morgan fingerprint density at radius 3 is 2.90 bits per heavy atom. The number of hydrogen-bond donors (Lipinski definition) is 0. The van der Waals surface area contributed by atoms with E-state index < -0.39 is 0 Å². The van der Waals surface area contributed by atoms with E-state index in [1.807, 2.05) is 6.92 Å². The van der Waals surface area contributed by atoms with Gasteiger partial charge in [0.05, 0.1) is 19.3 Å². The Kier molecular flexibility index (Phi) is 5.62. The van der Waals surface area contributed by atoms with Crippen LogP contribution in [0.3, 0.4) is 0 Å². The Bertz CT molecular complexity index is 600. The molecule has 0 fully saturated rings. The molecule has 1 heterocycles. The van der Waals surface area contributed by atoms with Crippen molar-refractivity contribution < 1.29 is 18.7 Å². The average Bonchev–Trinajstić information content (AvgIpc) is 2.99. The van der Waals surface area contributed by atoms with Gasteiger partial charge in [-0.05, 0) is 12.1 Å². The summed E-state index contributed by atoms with van der Waals surface area (Å²) in [4.78, 5) is 11.0. The van der Waals surface area contributed by atoms with Crippen LogP contribution in [0.2, 0.25) is 0 Å². The number of aryl methyl sites for hydroxylation is 1. The number of para-hydroxylation sites is 1. The molecule has 112 valence electrons. The summed E-state index contributed by atoms with van der Waals surface area (Å²) < 4.78 is 16.2. The first-order valence-corrected chi connectivity index (χ1v) is 7.47. The monoisotopic (exact) mass is 308 g/mol. The molecule has 0 bridgehead atoms. The van der Waals surface area contributed by atoms with E-state index in [2.05, 4.69) is 10.2 Å². The standard InChI is InChI=1S/C14H16N2O4S/c1-3-12-15-16-14(20-12)21-8-7-19-13-10(9-17)5-4-6-11(13)18-2/h4-6,9H,3,7-8H2,1-2H3. The van der Waals surface area contributed by atoms with Crippen molar-refractivity contribution in [3.05, 3.63) is 29.7 Å². The molecule has 0 aliphatic carbocycles. The van der Waals surface area contributed by atoms with Gasteiger partial charge in [-0.2, -0.15) is 0 Å². The number of aldehydes is 1. The van der Waals surface area contributed by atoms with Crippen LogP contribution < -0.4 is 9.47 Å². The van der Waals surface area contributed by atoms with E-state index in [0.717, 1.165) is 6.29 Å². The quantitative estimate of drug-likeness (QED) is 0.421. The van der Waals surface area contributed by atoms with Gasteiger partial charge < -0.3 is 13.9 Å². The molecule has 0 unspecified atom stereocenters. The first-order valence-electron chi connectivity index (χ1n) is 6.48. The molecule has 0 N–H and O–H groups in total. The van der Waals surface area contributed by atoms with Crippen LogP contribution in [-0.2, 0) is 6.42 Å². The van der Waals surface area contributed by atoms with Gasteiger partial charge >= 0.3 is 0 Å². The van der Waals surface area contributed by atoms with Gasteiger partial charge in [0.15, 0.2) is 17.8 Å². The van der Waals surface area contributed by atoms with Crippen LogP contribution in [0.1, 0.15) is 23.2 Å². The second kappa shape index (κ2) is 7.68. The van der Waals surface area contributed by atoms with Crippen molar-refractivity contribution in [2.24, 2.45) is 0 Å². The van der Waals surface area contributed by atoms with Gasteiger partial charge in [0.2, 0.25) is 5.89 Å². The minimum absolute atomic E-state index is 0.399. The maximum Gasteiger partial charge on any atom is 0.276 e. The first kappa shape index (κ1) is 15.4. The lowest BCUT2D eigenvalue weighted by Crippen LogP contribution is -2.04. The number of aromatic nitrogens is 2. The largest absolute Gasteiger partial charge is 0.493 e. The number of benzene rings is 1. The highest BCUT2D eigenvalue weighted by molar-refractivity contribution is 7.99. The highest BCUT2D eigenvalue weighted by atomic mass is 32.2. The molecule has 0 saturated heterocycles. The summed E-state index contributed by atoms with van der Waals surface area (Å²) in [6.07, 6.45) is 1.46. The van der Waals surface area contributed by atoms with E-state index in [0.29, 0.717) is 47.0 Å². The van der Waals surface area contributed by atoms with Crippen LogP contribution in [0.4, 0.5) is 0 Å². The third-order valence-electron chi connectivity index (χ3n) is 2.66. The third-order valence-corrected chi connectivity index (χ3v) is 3.44. The first-order chi connectivity index (χ1) is 10.3. The van der Waals surface area contributed by atoms with Crippen LogP contribution >= 0.6 is 11.8 Å². The minimum Gasteiger partial charge on any atom is -0.493 e. The molecule has 7 heteroatoms. The molecular formula is C14H16N2O4S. The fourth-order valence-corrected chi connectivity index (χ4v) is 2.25. The Morgan fingerprint density at radius 2 is 2.24 bits per heavy atom. The Hall–Kier alpha value is -2.02. The molecule has 6 nitrogen and oxygen atoms in total. The van der Waals surface area contributed by atoms with E-state index in [1.165, 1.54) is 18.9 Å². The molecule has 0 aliphatic rings. The maximum atomic E-state index is 11.0. The van der Waals surface area contributed by atoms with Crippen LogP contribution in [0.25, 0.3) is 0 Å². The van der Waals surface area contributed by atoms with E-state index in [-0.39, 0.29) is 0 Å². The van der Waals surface area contributed by atoms with Crippen molar-refractivity contribution >= 4 is 18.0 Å². The maximum absolute atomic E-state index is 11.0. The van der Waals surface area contributed by atoms with Crippen molar-refractivity contribution in [3.63, 3.8) is 0 Å². The smallest absolute Gasteiger partial charge is 0.276 e. The number of rotatable bonds is 8. The molecule has 0 aliphatic heterocycles. The number of ether oxygens (including phenoxy) is 2. The van der Waals surface area contributed by atoms with Gasteiger partial charge in [-0.15, -0.1) is 10.2 Å². The van der Waals surface area contributed by atoms with Gasteiger partial charge in [0.1, 0.15) is 0 Å². The van der Waals surface area contributed by atoms with Gasteiger partial charge in [0, 0.05) is 12.2 Å². The second-order valence-corrected chi connectivity index (χ2v) is 5.05. The van der Waals surface area contributed by atoms with Crippen molar-refractivity contribution in [2.75, 3.05) is 19.5 Å². The molecular weight excluding hydrogens is 292 g/mol. The van der Waals surface area contributed by atoms with Crippen molar-refractivity contribution in [2.45, 2.75) is 18.6 Å². The summed E-state index contributed by atoms with van der Waals surface area (Å²) in [5.41, 5.74) is 0.463. The van der Waals surface area contributed by atoms with Gasteiger partial charge in [0.25, 0.3) is 5.22 Å². The molecule has 1 aromatic carbocycles. The second-order valence-electron chi connectivity index (χ2n) is 4.01. The molecule has 0 spiro atoms. The zero-order chi connectivity index (χ0) is 15.1. The number of carbonyl (C=O) groups excluding carboxylic acids is 1. The molecule has 0 saturated carbocycles. The lowest BCUT2D eigenvalue weighted by molar-refractivity contribution is 0.111. The number of carbonyl (C=O) groups is 1. The summed E-state index contributed by atoms with van der Waals surface area (Å²) in [5.74, 6) is 2.24. The van der Waals surface area contributed by atoms with Crippen LogP contribution in [-0.4, -0.2) is 36.0 Å². The van der Waals surface area contributed by atoms with E-state index >= 15 is 0 Å². The highest BCUT2D eigenvalue weighted by Gasteiger charge is 2.10. The third kappa shape index (κ3) is 3.98. The SMILES string of the molecule is CCc1nnc(SCCOc2c(C=O)cccc2OC)o1. The Balaban J connectivity index is 1.89. The van der Waals surface area contributed by atoms with E-state index in [1.54, 1.807) is 18.2 Å². The lowest BCUT2D eigenvalue weighted by Gasteiger charge is -2.11. The minimum atomic E-state index is 0.399. The molecule has 1 aromatic heterocycles. The summed E-state index contributed by atoms with van der Waals surface area (Å²) in [6.45, 7) is 2.35. The van der Waals surface area contributed by atoms with Crippen molar-refractivity contribution in [1.82, 2.24) is 10.2 Å². The molecule has 2 rings (SSSR count). The van der Waals surface area contributed by atoms with Crippen molar-refractivity contribution in [3.8, 4) is 11.5 Å². The number of nitrogens with zero attached hydrogens (tertiary/aromatic N) is 2. The fraction of sp³-hybridized carbons (Fsp3) is 0.357. The number of hydrogen-bond acceptors (Lipinski definition) is 7. The molecule has 0 atom stereocenters. The zero-order valence-electron chi connectivity index (χ0n) is 11.9. The van der Waals surface area contributed by atoms with Gasteiger partial charge in [-0.1, -0.05) is 24.8 Å².